The summed E-state index contributed by atoms with van der Waals surface area (Å²) in [5.41, 5.74) is 4.14. The van der Waals surface area contributed by atoms with Gasteiger partial charge in [-0.15, -0.1) is 45.6 Å². The maximum absolute atomic E-state index is 12.8. The van der Waals surface area contributed by atoms with Crippen molar-refractivity contribution >= 4 is 0 Å². The largest absolute Gasteiger partial charge is 0.416 e. The van der Waals surface area contributed by atoms with Gasteiger partial charge in [0.2, 0.25) is 11.8 Å². The maximum Gasteiger partial charge on any atom is 0.416 e. The average Bonchev–Trinajstić information content (AvgIpc) is 3.35. The Morgan fingerprint density at radius 3 is 1.91 bits per heavy atom. The first kappa shape index (κ1) is 23.5. The Balaban J connectivity index is 0.00000274. The molecule has 3 aromatic carbocycles. The van der Waals surface area contributed by atoms with E-state index in [9.17, 15) is 13.2 Å². The van der Waals surface area contributed by atoms with E-state index < -0.39 is 11.7 Å². The van der Waals surface area contributed by atoms with E-state index in [1.165, 1.54) is 12.1 Å². The molecule has 0 atom stereocenters. The Bertz CT molecular complexity index is 1380. The van der Waals surface area contributed by atoms with E-state index in [1.807, 2.05) is 60.7 Å². The minimum atomic E-state index is -4.39. The summed E-state index contributed by atoms with van der Waals surface area (Å²) in [6, 6.07) is 27.0. The minimum absolute atomic E-state index is 0. The van der Waals surface area contributed by atoms with Gasteiger partial charge in [-0.3, -0.25) is 0 Å². The van der Waals surface area contributed by atoms with Gasteiger partial charge in [-0.05, 0) is 53.7 Å². The summed E-state index contributed by atoms with van der Waals surface area (Å²) in [4.78, 5) is 4.37. The molecule has 8 heteroatoms. The van der Waals surface area contributed by atoms with Gasteiger partial charge in [0.05, 0.1) is 5.56 Å². The molecule has 0 N–H and O–H groups in total. The monoisotopic (exact) mass is 635 g/mol. The molecule has 0 aliphatic carbocycles. The van der Waals surface area contributed by atoms with E-state index in [4.69, 9.17) is 4.42 Å². The van der Waals surface area contributed by atoms with Crippen molar-refractivity contribution in [2.75, 3.05) is 0 Å². The van der Waals surface area contributed by atoms with Crippen molar-refractivity contribution in [3.8, 4) is 45.3 Å². The number of nitrogens with zero attached hydrogens (tertiary/aromatic N) is 3. The van der Waals surface area contributed by atoms with Crippen LogP contribution in [0, 0.1) is 6.07 Å². The number of pyridine rings is 1. The summed E-state index contributed by atoms with van der Waals surface area (Å²) in [6.45, 7) is 0. The molecule has 0 aliphatic rings. The molecule has 2 heterocycles. The van der Waals surface area contributed by atoms with Crippen LogP contribution in [0.2, 0.25) is 0 Å². The Morgan fingerprint density at radius 1 is 0.706 bits per heavy atom. The minimum Gasteiger partial charge on any atom is -0.416 e. The second kappa shape index (κ2) is 9.71. The molecule has 34 heavy (non-hydrogen) atoms. The molecule has 5 rings (SSSR count). The van der Waals surface area contributed by atoms with Crippen molar-refractivity contribution in [1.82, 2.24) is 15.2 Å². The Kier molecular flexibility index (Phi) is 6.72. The number of hydrogen-bond acceptors (Lipinski definition) is 4. The molecule has 2 aromatic heterocycles. The van der Waals surface area contributed by atoms with E-state index in [0.29, 0.717) is 11.1 Å². The Morgan fingerprint density at radius 2 is 1.32 bits per heavy atom. The molecule has 0 spiro atoms. The molecule has 0 fully saturated rings. The summed E-state index contributed by atoms with van der Waals surface area (Å²) in [6.07, 6.45) is -2.65. The van der Waals surface area contributed by atoms with E-state index in [-0.39, 0.29) is 31.9 Å². The number of hydrogen-bond donors (Lipinski definition) is 0. The van der Waals surface area contributed by atoms with Crippen LogP contribution in [0.3, 0.4) is 0 Å². The first-order valence-corrected chi connectivity index (χ1v) is 10.0. The Labute approximate surface area is 206 Å². The van der Waals surface area contributed by atoms with Gasteiger partial charge >= 0.3 is 6.18 Å². The zero-order valence-corrected chi connectivity index (χ0v) is 19.8. The van der Waals surface area contributed by atoms with Gasteiger partial charge < -0.3 is 9.40 Å². The number of aromatic nitrogens is 3. The smallest absolute Gasteiger partial charge is 0.416 e. The summed E-state index contributed by atoms with van der Waals surface area (Å²) in [7, 11) is 0. The van der Waals surface area contributed by atoms with Crippen molar-refractivity contribution in [2.45, 2.75) is 6.18 Å². The fraction of sp³-hybridized carbons (Fsp3) is 0.0385. The molecule has 0 bridgehead atoms. The third-order valence-corrected chi connectivity index (χ3v) is 5.09. The third-order valence-electron chi connectivity index (χ3n) is 5.09. The van der Waals surface area contributed by atoms with Crippen LogP contribution in [0.25, 0.3) is 45.3 Å². The third kappa shape index (κ3) is 4.98. The predicted molar refractivity (Wildman–Crippen MR) is 118 cm³/mol. The molecular formula is C26H15F3IrN3O-. The molecule has 5 aromatic rings. The summed E-state index contributed by atoms with van der Waals surface area (Å²) >= 11 is 0. The number of benzene rings is 3. The molecule has 0 unspecified atom stereocenters. The quantitative estimate of drug-likeness (QED) is 0.201. The van der Waals surface area contributed by atoms with E-state index in [2.05, 4.69) is 21.2 Å². The summed E-state index contributed by atoms with van der Waals surface area (Å²) in [5.74, 6) is 0.438. The first-order valence-electron chi connectivity index (χ1n) is 10.0. The van der Waals surface area contributed by atoms with Crippen LogP contribution in [0.15, 0.2) is 95.5 Å². The SMILES string of the molecule is FC(F)(F)c1ccc(-c2nnc(-c3ccc(-c4cc[c-]c(-c5ccccn5)c4)cc3)o2)cc1.[Ir]. The zero-order valence-electron chi connectivity index (χ0n) is 17.4. The molecule has 0 saturated heterocycles. The second-order valence-electron chi connectivity index (χ2n) is 7.27. The van der Waals surface area contributed by atoms with Gasteiger partial charge in [0.1, 0.15) is 0 Å². The zero-order chi connectivity index (χ0) is 22.8. The van der Waals surface area contributed by atoms with Crippen LogP contribution < -0.4 is 0 Å². The summed E-state index contributed by atoms with van der Waals surface area (Å²) in [5, 5.41) is 8.01. The fourth-order valence-corrected chi connectivity index (χ4v) is 3.38. The summed E-state index contributed by atoms with van der Waals surface area (Å²) < 4.78 is 44.0. The standard InChI is InChI=1S/C26H15F3N3O.Ir/c27-26(28,29)22-13-11-19(12-14-22)25-32-31-24(33-25)18-9-7-17(8-10-18)20-4-3-5-21(16-20)23-6-1-2-15-30-23;/h1-4,6-16H;/q-1;. The predicted octanol–water partition coefficient (Wildman–Crippen LogP) is 6.95. The number of alkyl halides is 3. The van der Waals surface area contributed by atoms with Crippen LogP contribution in [0.4, 0.5) is 13.2 Å². The van der Waals surface area contributed by atoms with Crippen LogP contribution in [0.5, 0.6) is 0 Å². The molecular weight excluding hydrogens is 620 g/mol. The van der Waals surface area contributed by atoms with Crippen molar-refractivity contribution in [2.24, 2.45) is 0 Å². The van der Waals surface area contributed by atoms with Crippen molar-refractivity contribution in [3.05, 3.63) is 103 Å². The van der Waals surface area contributed by atoms with Crippen molar-refractivity contribution < 1.29 is 37.7 Å². The van der Waals surface area contributed by atoms with Crippen LogP contribution in [-0.2, 0) is 26.3 Å². The van der Waals surface area contributed by atoms with Gasteiger partial charge in [0, 0.05) is 37.4 Å². The van der Waals surface area contributed by atoms with E-state index in [0.717, 1.165) is 34.5 Å². The molecule has 4 nitrogen and oxygen atoms in total. The fourth-order valence-electron chi connectivity index (χ4n) is 3.38. The van der Waals surface area contributed by atoms with E-state index in [1.54, 1.807) is 6.20 Å². The van der Waals surface area contributed by atoms with Crippen LogP contribution in [-0.4, -0.2) is 15.2 Å². The maximum atomic E-state index is 12.8. The van der Waals surface area contributed by atoms with E-state index >= 15 is 0 Å². The molecule has 1 radical (unpaired) electrons. The van der Waals surface area contributed by atoms with Gasteiger partial charge in [-0.25, -0.2) is 0 Å². The van der Waals surface area contributed by atoms with Crippen molar-refractivity contribution in [3.63, 3.8) is 0 Å². The normalized spacial score (nSPS) is 11.1. The van der Waals surface area contributed by atoms with Gasteiger partial charge in [-0.1, -0.05) is 24.3 Å². The van der Waals surface area contributed by atoms with Crippen LogP contribution in [0.1, 0.15) is 5.56 Å². The molecule has 0 aliphatic heterocycles. The number of halogens is 3. The Hall–Kier alpha value is -3.61. The molecule has 171 valence electrons. The topological polar surface area (TPSA) is 51.8 Å². The average molecular weight is 635 g/mol. The second-order valence-corrected chi connectivity index (χ2v) is 7.27. The van der Waals surface area contributed by atoms with Crippen LogP contribution >= 0.6 is 0 Å². The first-order chi connectivity index (χ1) is 16.0. The van der Waals surface area contributed by atoms with Gasteiger partial charge in [0.25, 0.3) is 0 Å². The van der Waals surface area contributed by atoms with Crippen molar-refractivity contribution in [1.29, 1.82) is 0 Å². The number of rotatable bonds is 4. The van der Waals surface area contributed by atoms with Gasteiger partial charge in [-0.2, -0.15) is 13.2 Å². The molecule has 0 saturated carbocycles. The van der Waals surface area contributed by atoms with Gasteiger partial charge in [0.15, 0.2) is 0 Å². The molecule has 0 amide bonds.